The highest BCUT2D eigenvalue weighted by Crippen LogP contribution is 2.25. The third kappa shape index (κ3) is 2.43. The summed E-state index contributed by atoms with van der Waals surface area (Å²) in [7, 11) is 0. The fourth-order valence-electron chi connectivity index (χ4n) is 1.14. The number of anilines is 3. The van der Waals surface area contributed by atoms with Crippen molar-refractivity contribution >= 4 is 44.7 Å². The van der Waals surface area contributed by atoms with E-state index in [9.17, 15) is 0 Å². The monoisotopic (exact) mass is 298 g/mol. The Morgan fingerprint density at radius 1 is 1.19 bits per heavy atom. The second-order valence-electron chi connectivity index (χ2n) is 3.06. The summed E-state index contributed by atoms with van der Waals surface area (Å²) in [5.41, 5.74) is 6.95. The zero-order valence-electron chi connectivity index (χ0n) is 8.11. The van der Waals surface area contributed by atoms with Crippen LogP contribution in [-0.2, 0) is 0 Å². The first-order valence-corrected chi connectivity index (χ1v) is 5.62. The molecule has 2 rings (SSSR count). The molecule has 0 amide bonds. The number of nitrogens with one attached hydrogen (secondary N) is 1. The summed E-state index contributed by atoms with van der Waals surface area (Å²) in [4.78, 5) is 7.79. The summed E-state index contributed by atoms with van der Waals surface area (Å²) in [5, 5.41) is 3.30. The van der Waals surface area contributed by atoms with Crippen LogP contribution in [0.3, 0.4) is 0 Å². The topological polar surface area (TPSA) is 63.8 Å². The number of aromatic nitrogens is 2. The molecule has 0 saturated carbocycles. The number of halogens is 2. The van der Waals surface area contributed by atoms with E-state index < -0.39 is 0 Å². The average Bonchev–Trinajstić information content (AvgIpc) is 2.28. The van der Waals surface area contributed by atoms with E-state index >= 15 is 0 Å². The van der Waals surface area contributed by atoms with Crippen molar-refractivity contribution in [3.8, 4) is 0 Å². The van der Waals surface area contributed by atoms with Crippen LogP contribution >= 0.6 is 27.5 Å². The molecule has 1 aromatic heterocycles. The maximum Gasteiger partial charge on any atom is 0.158 e. The predicted molar refractivity (Wildman–Crippen MR) is 68.9 cm³/mol. The number of nitrogens with two attached hydrogens (primary N) is 1. The molecular formula is C10H8BrClN4. The number of nitrogen functional groups attached to an aromatic ring is 1. The number of hydrogen-bond donors (Lipinski definition) is 2. The molecule has 6 heteroatoms. The van der Waals surface area contributed by atoms with Crippen molar-refractivity contribution in [2.45, 2.75) is 0 Å². The lowest BCUT2D eigenvalue weighted by atomic mass is 10.3. The highest BCUT2D eigenvalue weighted by atomic mass is 79.9. The Balaban J connectivity index is 2.27. The lowest BCUT2D eigenvalue weighted by Gasteiger charge is -2.08. The molecule has 0 aliphatic rings. The Bertz CT molecular complexity index is 501. The van der Waals surface area contributed by atoms with Gasteiger partial charge in [-0.3, -0.25) is 0 Å². The van der Waals surface area contributed by atoms with Crippen molar-refractivity contribution in [2.24, 2.45) is 0 Å². The molecular weight excluding hydrogens is 291 g/mol. The van der Waals surface area contributed by atoms with Gasteiger partial charge in [-0.2, -0.15) is 0 Å². The van der Waals surface area contributed by atoms with Crippen LogP contribution in [0.25, 0.3) is 0 Å². The highest BCUT2D eigenvalue weighted by Gasteiger charge is 2.05. The molecule has 1 heterocycles. The van der Waals surface area contributed by atoms with Gasteiger partial charge in [-0.15, -0.1) is 0 Å². The van der Waals surface area contributed by atoms with Crippen LogP contribution in [0.4, 0.5) is 17.2 Å². The lowest BCUT2D eigenvalue weighted by Crippen LogP contribution is -2.00. The standard InChI is InChI=1S/C10H8BrClN4/c11-6-1-3-7(4-2-6)16-10-8(13)9(12)14-5-15-10/h1-5H,13H2,(H,14,15,16). The first-order valence-electron chi connectivity index (χ1n) is 4.45. The van der Waals surface area contributed by atoms with Gasteiger partial charge in [-0.05, 0) is 24.3 Å². The van der Waals surface area contributed by atoms with Crippen LogP contribution in [0.5, 0.6) is 0 Å². The molecule has 1 aromatic carbocycles. The largest absolute Gasteiger partial charge is 0.393 e. The number of benzene rings is 1. The van der Waals surface area contributed by atoms with Crippen LogP contribution in [0.15, 0.2) is 35.1 Å². The van der Waals surface area contributed by atoms with Gasteiger partial charge in [0, 0.05) is 10.2 Å². The summed E-state index contributed by atoms with van der Waals surface area (Å²) in [5.74, 6) is 0.502. The van der Waals surface area contributed by atoms with E-state index in [4.69, 9.17) is 17.3 Å². The van der Waals surface area contributed by atoms with E-state index in [0.29, 0.717) is 11.5 Å². The van der Waals surface area contributed by atoms with E-state index in [2.05, 4.69) is 31.2 Å². The van der Waals surface area contributed by atoms with Crippen molar-refractivity contribution in [1.82, 2.24) is 9.97 Å². The Kier molecular flexibility index (Phi) is 3.26. The van der Waals surface area contributed by atoms with Gasteiger partial charge in [-0.1, -0.05) is 27.5 Å². The van der Waals surface area contributed by atoms with Crippen LogP contribution in [-0.4, -0.2) is 9.97 Å². The van der Waals surface area contributed by atoms with E-state index in [1.807, 2.05) is 24.3 Å². The van der Waals surface area contributed by atoms with Crippen molar-refractivity contribution < 1.29 is 0 Å². The zero-order chi connectivity index (χ0) is 11.5. The fourth-order valence-corrected chi connectivity index (χ4v) is 1.54. The van der Waals surface area contributed by atoms with Crippen LogP contribution in [0.1, 0.15) is 0 Å². The van der Waals surface area contributed by atoms with E-state index in [1.54, 1.807) is 0 Å². The van der Waals surface area contributed by atoms with E-state index in [1.165, 1.54) is 6.33 Å². The minimum atomic E-state index is 0.245. The van der Waals surface area contributed by atoms with Gasteiger partial charge >= 0.3 is 0 Å². The smallest absolute Gasteiger partial charge is 0.158 e. The lowest BCUT2D eigenvalue weighted by molar-refractivity contribution is 1.17. The molecule has 2 aromatic rings. The molecule has 0 radical (unpaired) electrons. The number of rotatable bonds is 2. The van der Waals surface area contributed by atoms with Crippen LogP contribution < -0.4 is 11.1 Å². The zero-order valence-corrected chi connectivity index (χ0v) is 10.5. The maximum atomic E-state index is 5.78. The van der Waals surface area contributed by atoms with Crippen molar-refractivity contribution in [2.75, 3.05) is 11.1 Å². The summed E-state index contributed by atoms with van der Waals surface area (Å²) in [6, 6.07) is 7.64. The predicted octanol–water partition coefficient (Wildman–Crippen LogP) is 3.22. The molecule has 0 aliphatic heterocycles. The molecule has 3 N–H and O–H groups in total. The number of nitrogens with zero attached hydrogens (tertiary/aromatic N) is 2. The van der Waals surface area contributed by atoms with Gasteiger partial charge in [0.05, 0.1) is 0 Å². The van der Waals surface area contributed by atoms with E-state index in [0.717, 1.165) is 10.2 Å². The summed E-state index contributed by atoms with van der Waals surface area (Å²) < 4.78 is 1.01. The van der Waals surface area contributed by atoms with Gasteiger partial charge in [-0.25, -0.2) is 9.97 Å². The Hall–Kier alpha value is -1.33. The SMILES string of the molecule is Nc1c(Cl)ncnc1Nc1ccc(Br)cc1. The molecule has 0 unspecified atom stereocenters. The molecule has 4 nitrogen and oxygen atoms in total. The first-order chi connectivity index (χ1) is 7.66. The third-order valence-corrected chi connectivity index (χ3v) is 2.77. The average molecular weight is 300 g/mol. The number of hydrogen-bond acceptors (Lipinski definition) is 4. The second-order valence-corrected chi connectivity index (χ2v) is 4.33. The van der Waals surface area contributed by atoms with Crippen molar-refractivity contribution in [1.29, 1.82) is 0 Å². The summed E-state index contributed by atoms with van der Waals surface area (Å²) >= 11 is 9.14. The minimum absolute atomic E-state index is 0.245. The van der Waals surface area contributed by atoms with Gasteiger partial charge in [0.1, 0.15) is 12.0 Å². The normalized spacial score (nSPS) is 10.1. The third-order valence-electron chi connectivity index (χ3n) is 1.94. The van der Waals surface area contributed by atoms with Gasteiger partial charge in [0.2, 0.25) is 0 Å². The van der Waals surface area contributed by atoms with Gasteiger partial charge < -0.3 is 11.1 Å². The summed E-state index contributed by atoms with van der Waals surface area (Å²) in [6.07, 6.45) is 1.36. The molecule has 0 spiro atoms. The molecule has 82 valence electrons. The molecule has 16 heavy (non-hydrogen) atoms. The first kappa shape index (κ1) is 11.2. The van der Waals surface area contributed by atoms with E-state index in [-0.39, 0.29) is 5.15 Å². The van der Waals surface area contributed by atoms with Crippen LogP contribution in [0, 0.1) is 0 Å². The van der Waals surface area contributed by atoms with Crippen molar-refractivity contribution in [3.05, 3.63) is 40.2 Å². The molecule has 0 atom stereocenters. The molecule has 0 bridgehead atoms. The maximum absolute atomic E-state index is 5.78. The van der Waals surface area contributed by atoms with Gasteiger partial charge in [0.15, 0.2) is 11.0 Å². The van der Waals surface area contributed by atoms with Gasteiger partial charge in [0.25, 0.3) is 0 Å². The second kappa shape index (κ2) is 4.67. The molecule has 0 saturated heterocycles. The van der Waals surface area contributed by atoms with Crippen LogP contribution in [0.2, 0.25) is 5.15 Å². The minimum Gasteiger partial charge on any atom is -0.393 e. The quantitative estimate of drug-likeness (QED) is 0.836. The fraction of sp³-hybridized carbons (Fsp3) is 0. The Labute approximate surface area is 106 Å². The molecule has 0 fully saturated rings. The highest BCUT2D eigenvalue weighted by molar-refractivity contribution is 9.10. The molecule has 0 aliphatic carbocycles. The Morgan fingerprint density at radius 2 is 1.88 bits per heavy atom. The summed E-state index contributed by atoms with van der Waals surface area (Å²) in [6.45, 7) is 0. The Morgan fingerprint density at radius 3 is 2.56 bits per heavy atom. The van der Waals surface area contributed by atoms with Crippen molar-refractivity contribution in [3.63, 3.8) is 0 Å².